The normalized spacial score (nSPS) is 12.9. The number of hydrogen-bond acceptors (Lipinski definition) is 3. The number of hydrogen-bond donors (Lipinski definition) is 3. The molecule has 1 heterocycles. The van der Waals surface area contributed by atoms with Crippen molar-refractivity contribution in [3.05, 3.63) is 60.3 Å². The number of anilines is 1. The molecule has 0 aliphatic carbocycles. The van der Waals surface area contributed by atoms with Crippen LogP contribution < -0.4 is 15.8 Å². The number of nitrogens with one attached hydrogen (secondary N) is 2. The Morgan fingerprint density at radius 2 is 1.76 bits per heavy atom. The lowest BCUT2D eigenvalue weighted by atomic mass is 10.1. The largest absolute Gasteiger partial charge is 0.347 e. The summed E-state index contributed by atoms with van der Waals surface area (Å²) < 4.78 is 24.9. The van der Waals surface area contributed by atoms with Crippen LogP contribution in [-0.2, 0) is 16.6 Å². The number of nitrogens with zero attached hydrogens (tertiary/aromatic N) is 1. The predicted molar refractivity (Wildman–Crippen MR) is 115 cm³/mol. The quantitative estimate of drug-likeness (QED) is 0.571. The first-order chi connectivity index (χ1) is 13.6. The minimum Gasteiger partial charge on any atom is -0.347 e. The van der Waals surface area contributed by atoms with Gasteiger partial charge in [0.1, 0.15) is 0 Å². The van der Waals surface area contributed by atoms with Crippen molar-refractivity contribution in [2.75, 3.05) is 5.32 Å². The molecule has 0 spiro atoms. The molecule has 0 aliphatic heterocycles. The number of fused-ring (bicyclic) bond motifs is 1. The van der Waals surface area contributed by atoms with Crippen LogP contribution >= 0.6 is 0 Å². The zero-order chi connectivity index (χ0) is 21.2. The highest BCUT2D eigenvalue weighted by molar-refractivity contribution is 7.89. The Morgan fingerprint density at radius 3 is 2.38 bits per heavy atom. The van der Waals surface area contributed by atoms with E-state index < -0.39 is 10.0 Å². The van der Waals surface area contributed by atoms with Gasteiger partial charge in [-0.15, -0.1) is 0 Å². The number of aromatic nitrogens is 1. The highest BCUT2D eigenvalue weighted by Crippen LogP contribution is 2.22. The summed E-state index contributed by atoms with van der Waals surface area (Å²) in [7, 11) is -3.73. The number of benzene rings is 2. The average Bonchev–Trinajstić information content (AvgIpc) is 3.02. The molecule has 0 bridgehead atoms. The molecule has 0 aliphatic rings. The Labute approximate surface area is 171 Å². The van der Waals surface area contributed by atoms with E-state index >= 15 is 0 Å². The highest BCUT2D eigenvalue weighted by atomic mass is 32.2. The molecule has 4 N–H and O–H groups in total. The van der Waals surface area contributed by atoms with Crippen molar-refractivity contribution in [1.29, 1.82) is 0 Å². The Hall–Kier alpha value is -2.84. The summed E-state index contributed by atoms with van der Waals surface area (Å²) >= 11 is 0. The fraction of sp³-hybridized carbons (Fsp3) is 0.286. The van der Waals surface area contributed by atoms with Crippen LogP contribution in [0.4, 0.5) is 10.5 Å². The number of nitrogens with two attached hydrogens (primary N) is 1. The molecule has 1 aromatic heterocycles. The van der Waals surface area contributed by atoms with Crippen molar-refractivity contribution in [2.45, 2.75) is 38.3 Å². The van der Waals surface area contributed by atoms with E-state index in [4.69, 9.17) is 5.14 Å². The van der Waals surface area contributed by atoms with E-state index in [9.17, 15) is 13.2 Å². The molecule has 2 amide bonds. The molecule has 8 heteroatoms. The van der Waals surface area contributed by atoms with Gasteiger partial charge in [-0.2, -0.15) is 0 Å². The molecular formula is C21H26N4O3S. The molecule has 154 valence electrons. The number of sulfonamides is 1. The van der Waals surface area contributed by atoms with Gasteiger partial charge in [0.25, 0.3) is 0 Å². The molecule has 1 atom stereocenters. The van der Waals surface area contributed by atoms with Gasteiger partial charge < -0.3 is 15.2 Å². The van der Waals surface area contributed by atoms with Gasteiger partial charge in [0, 0.05) is 29.3 Å². The first kappa shape index (κ1) is 20.9. The van der Waals surface area contributed by atoms with Crippen LogP contribution in [0.1, 0.15) is 32.4 Å². The van der Waals surface area contributed by atoms with E-state index in [1.54, 1.807) is 12.1 Å². The Kier molecular flexibility index (Phi) is 5.95. The molecule has 3 aromatic rings. The third-order valence-electron chi connectivity index (χ3n) is 4.65. The molecule has 2 aromatic carbocycles. The van der Waals surface area contributed by atoms with Crippen molar-refractivity contribution in [2.24, 2.45) is 11.1 Å². The molecule has 0 saturated heterocycles. The van der Waals surface area contributed by atoms with Crippen LogP contribution in [0.15, 0.2) is 59.6 Å². The van der Waals surface area contributed by atoms with Gasteiger partial charge in [0.05, 0.1) is 10.9 Å². The van der Waals surface area contributed by atoms with Crippen LogP contribution in [0.2, 0.25) is 0 Å². The Morgan fingerprint density at radius 1 is 1.07 bits per heavy atom. The summed E-state index contributed by atoms with van der Waals surface area (Å²) in [6, 6.07) is 13.3. The second kappa shape index (κ2) is 8.26. The summed E-state index contributed by atoms with van der Waals surface area (Å²) in [5, 5.41) is 11.9. The molecule has 0 radical (unpaired) electrons. The van der Waals surface area contributed by atoms with Gasteiger partial charge in [-0.1, -0.05) is 26.0 Å². The molecule has 1 unspecified atom stereocenters. The number of rotatable bonds is 6. The van der Waals surface area contributed by atoms with Crippen LogP contribution in [0.5, 0.6) is 0 Å². The minimum absolute atomic E-state index is 0.0376. The van der Waals surface area contributed by atoms with E-state index in [2.05, 4.69) is 35.2 Å². The lowest BCUT2D eigenvalue weighted by Crippen LogP contribution is -2.31. The zero-order valence-electron chi connectivity index (χ0n) is 16.7. The minimum atomic E-state index is -3.73. The Balaban J connectivity index is 1.65. The number of amides is 2. The topological polar surface area (TPSA) is 106 Å². The van der Waals surface area contributed by atoms with Gasteiger partial charge in [-0.25, -0.2) is 18.4 Å². The average molecular weight is 415 g/mol. The standard InChI is InChI=1S/C21H26N4O3S/c1-14(2)13-25-11-10-17-12-18(6-9-20(17)25)24-21(26)23-15(3)16-4-7-19(8-5-16)29(22,27)28/h4-12,14-15H,13H2,1-3H3,(H2,22,27,28)(H2,23,24,26). The lowest BCUT2D eigenvalue weighted by molar-refractivity contribution is 0.249. The maximum atomic E-state index is 12.4. The van der Waals surface area contributed by atoms with Crippen molar-refractivity contribution >= 4 is 32.6 Å². The van der Waals surface area contributed by atoms with Crippen LogP contribution in [0, 0.1) is 5.92 Å². The van der Waals surface area contributed by atoms with Crippen LogP contribution in [0.3, 0.4) is 0 Å². The molecule has 3 rings (SSSR count). The van der Waals surface area contributed by atoms with E-state index in [0.717, 1.165) is 23.0 Å². The third-order valence-corrected chi connectivity index (χ3v) is 5.58. The monoisotopic (exact) mass is 414 g/mol. The Bertz CT molecular complexity index is 1120. The summed E-state index contributed by atoms with van der Waals surface area (Å²) in [5.74, 6) is 0.551. The van der Waals surface area contributed by atoms with Gasteiger partial charge in [-0.05, 0) is 54.8 Å². The number of primary sulfonamides is 1. The van der Waals surface area contributed by atoms with Crippen molar-refractivity contribution in [3.63, 3.8) is 0 Å². The molecule has 0 saturated carbocycles. The van der Waals surface area contributed by atoms with Crippen molar-refractivity contribution in [1.82, 2.24) is 9.88 Å². The molecule has 0 fully saturated rings. The van der Waals surface area contributed by atoms with E-state index in [1.807, 2.05) is 31.2 Å². The number of carbonyl (C=O) groups excluding carboxylic acids is 1. The van der Waals surface area contributed by atoms with E-state index in [0.29, 0.717) is 11.6 Å². The van der Waals surface area contributed by atoms with Gasteiger partial charge in [0.2, 0.25) is 10.0 Å². The maximum Gasteiger partial charge on any atom is 0.319 e. The molecular weight excluding hydrogens is 388 g/mol. The van der Waals surface area contributed by atoms with Crippen LogP contribution in [-0.4, -0.2) is 19.0 Å². The highest BCUT2D eigenvalue weighted by Gasteiger charge is 2.13. The number of carbonyl (C=O) groups is 1. The first-order valence-electron chi connectivity index (χ1n) is 9.42. The van der Waals surface area contributed by atoms with E-state index in [1.165, 1.54) is 12.1 Å². The predicted octanol–water partition coefficient (Wildman–Crippen LogP) is 3.83. The molecule has 7 nitrogen and oxygen atoms in total. The fourth-order valence-corrected chi connectivity index (χ4v) is 3.74. The van der Waals surface area contributed by atoms with Crippen molar-refractivity contribution < 1.29 is 13.2 Å². The van der Waals surface area contributed by atoms with Gasteiger partial charge >= 0.3 is 6.03 Å². The number of urea groups is 1. The maximum absolute atomic E-state index is 12.4. The summed E-state index contributed by atoms with van der Waals surface area (Å²) in [5.41, 5.74) is 2.61. The fourth-order valence-electron chi connectivity index (χ4n) is 3.22. The van der Waals surface area contributed by atoms with Crippen LogP contribution in [0.25, 0.3) is 10.9 Å². The summed E-state index contributed by atoms with van der Waals surface area (Å²) in [6.07, 6.45) is 2.06. The SMILES string of the molecule is CC(C)Cn1ccc2cc(NC(=O)NC(C)c3ccc(S(N)(=O)=O)cc3)ccc21. The third kappa shape index (κ3) is 5.16. The first-order valence-corrected chi connectivity index (χ1v) is 11.0. The van der Waals surface area contributed by atoms with Gasteiger partial charge in [-0.3, -0.25) is 0 Å². The lowest BCUT2D eigenvalue weighted by Gasteiger charge is -2.15. The molecule has 29 heavy (non-hydrogen) atoms. The summed E-state index contributed by atoms with van der Waals surface area (Å²) in [4.78, 5) is 12.4. The van der Waals surface area contributed by atoms with E-state index in [-0.39, 0.29) is 17.0 Å². The summed E-state index contributed by atoms with van der Waals surface area (Å²) in [6.45, 7) is 7.12. The van der Waals surface area contributed by atoms with Gasteiger partial charge in [0.15, 0.2) is 0 Å². The second-order valence-corrected chi connectivity index (χ2v) is 9.13. The van der Waals surface area contributed by atoms with Crippen molar-refractivity contribution in [3.8, 4) is 0 Å². The smallest absolute Gasteiger partial charge is 0.319 e. The second-order valence-electron chi connectivity index (χ2n) is 7.57. The zero-order valence-corrected chi connectivity index (χ0v) is 17.5.